The van der Waals surface area contributed by atoms with Crippen molar-refractivity contribution >= 4 is 22.7 Å². The molecule has 8 N–H and O–H groups in total. The van der Waals surface area contributed by atoms with Gasteiger partial charge in [-0.1, -0.05) is 105 Å². The van der Waals surface area contributed by atoms with Crippen molar-refractivity contribution in [1.29, 1.82) is 0 Å². The van der Waals surface area contributed by atoms with Crippen LogP contribution in [0, 0.1) is 41.4 Å². The molecule has 8 heterocycles. The molecule has 5 aliphatic carbocycles. The van der Waals surface area contributed by atoms with Crippen molar-refractivity contribution < 1.29 is 44.5 Å². The van der Waals surface area contributed by atoms with Gasteiger partial charge in [0.05, 0.1) is 31.0 Å². The molecule has 0 radical (unpaired) electrons. The number of benzene rings is 5. The normalized spacial score (nSPS) is 29.0. The third-order valence-electron chi connectivity index (χ3n) is 23.6. The highest BCUT2D eigenvalue weighted by atomic mass is 16.5. The van der Waals surface area contributed by atoms with E-state index in [-0.39, 0.29) is 89.6 Å². The molecule has 93 heavy (non-hydrogen) atoms. The van der Waals surface area contributed by atoms with E-state index in [1.165, 1.54) is 47.1 Å². The van der Waals surface area contributed by atoms with Gasteiger partial charge in [-0.3, -0.25) is 5.32 Å². The van der Waals surface area contributed by atoms with E-state index in [0.717, 1.165) is 163 Å². The van der Waals surface area contributed by atoms with Gasteiger partial charge < -0.3 is 59.7 Å². The molecule has 10 bridgehead atoms. The first kappa shape index (κ1) is 60.8. The summed E-state index contributed by atoms with van der Waals surface area (Å²) in [6.45, 7) is 4.31. The molecule has 13 nitrogen and oxygen atoms in total. The molecule has 18 rings (SSSR count). The van der Waals surface area contributed by atoms with Crippen LogP contribution in [0.25, 0.3) is 22.7 Å². The number of hydrogen-bond donors (Lipinski definition) is 8. The van der Waals surface area contributed by atoms with Crippen molar-refractivity contribution in [1.82, 2.24) is 20.5 Å². The maximum absolute atomic E-state index is 12.9. The van der Waals surface area contributed by atoms with Gasteiger partial charge in [-0.15, -0.1) is 0 Å². The van der Waals surface area contributed by atoms with Crippen LogP contribution in [0.5, 0.6) is 23.0 Å². The number of rotatable bonds is 12. The van der Waals surface area contributed by atoms with Gasteiger partial charge in [0.1, 0.15) is 42.4 Å². The number of hydrogen-bond acceptors (Lipinski definition) is 12. The van der Waals surface area contributed by atoms with Crippen LogP contribution in [0.2, 0.25) is 0 Å². The van der Waals surface area contributed by atoms with Gasteiger partial charge in [-0.25, -0.2) is 0 Å². The lowest BCUT2D eigenvalue weighted by atomic mass is 9.45. The summed E-state index contributed by atoms with van der Waals surface area (Å²) < 4.78 is 30.9. The number of nitrogens with one attached hydrogen (secondary N) is 3. The number of phenols is 3. The van der Waals surface area contributed by atoms with Crippen LogP contribution < -0.4 is 20.7 Å². The molecule has 0 amide bonds. The Hall–Kier alpha value is -7.12. The quantitative estimate of drug-likeness (QED) is 0.0331. The molecule has 13 heteroatoms. The average molecular weight is 1250 g/mol. The third-order valence-corrected chi connectivity index (χ3v) is 23.6. The van der Waals surface area contributed by atoms with Crippen molar-refractivity contribution in [2.75, 3.05) is 26.8 Å². The molecule has 6 aromatic rings. The molecule has 5 aromatic carbocycles. The van der Waals surface area contributed by atoms with Crippen LogP contribution in [0.15, 0.2) is 126 Å². The fraction of sp³-hybridized carbons (Fsp3) is 0.475. The molecular weight excluding hydrogens is 1160 g/mol. The summed E-state index contributed by atoms with van der Waals surface area (Å²) in [6, 6.07) is 27.0. The predicted octanol–water partition coefficient (Wildman–Crippen LogP) is 12.6. The van der Waals surface area contributed by atoms with Gasteiger partial charge in [-0.2, -0.15) is 0 Å². The highest BCUT2D eigenvalue weighted by molar-refractivity contribution is 5.89. The molecule has 12 aliphatic rings. The molecule has 1 aromatic heterocycles. The Morgan fingerprint density at radius 1 is 0.849 bits per heavy atom. The van der Waals surface area contributed by atoms with E-state index in [0.29, 0.717) is 37.1 Å². The molecule has 11 atom stereocenters. The van der Waals surface area contributed by atoms with E-state index in [2.05, 4.69) is 100 Å². The van der Waals surface area contributed by atoms with E-state index >= 15 is 0 Å². The molecule has 2 saturated heterocycles. The Kier molecular flexibility index (Phi) is 16.3. The lowest BCUT2D eigenvalue weighted by Gasteiger charge is -2.63. The van der Waals surface area contributed by atoms with Gasteiger partial charge >= 0.3 is 0 Å². The van der Waals surface area contributed by atoms with Crippen molar-refractivity contribution in [3.8, 4) is 34.8 Å². The monoisotopic (exact) mass is 1250 g/mol. The Morgan fingerprint density at radius 3 is 2.55 bits per heavy atom. The second-order valence-electron chi connectivity index (χ2n) is 28.8. The maximum Gasteiger partial charge on any atom is 0.168 e. The van der Waals surface area contributed by atoms with Gasteiger partial charge in [0.2, 0.25) is 0 Å². The van der Waals surface area contributed by atoms with Crippen LogP contribution in [0.3, 0.4) is 0 Å². The van der Waals surface area contributed by atoms with Crippen molar-refractivity contribution in [2.24, 2.45) is 29.6 Å². The predicted molar refractivity (Wildman–Crippen MR) is 361 cm³/mol. The fourth-order valence-electron chi connectivity index (χ4n) is 19.1. The molecule has 484 valence electrons. The first-order valence-corrected chi connectivity index (χ1v) is 35.1. The number of piperidine rings is 1. The van der Waals surface area contributed by atoms with Crippen LogP contribution in [-0.4, -0.2) is 93.2 Å². The maximum atomic E-state index is 12.9. The highest BCUT2D eigenvalue weighted by Gasteiger charge is 2.63. The summed E-state index contributed by atoms with van der Waals surface area (Å²) >= 11 is 0. The average Bonchev–Trinajstić information content (AvgIpc) is 1.17. The number of aryl methyl sites for hydroxylation is 3. The number of methoxy groups -OCH3 is 1. The van der Waals surface area contributed by atoms with Crippen LogP contribution in [0.1, 0.15) is 158 Å². The molecular formula is C80H90N4O9. The zero-order valence-electron chi connectivity index (χ0n) is 54.0. The Bertz CT molecular complexity index is 4090. The standard InChI is InChI=1S/C80H90N4O9/c1-3-31-81-41-55-35-53-18-15-47(13-14-48-17-26-67(87)54(32-48)33-49-9-7-12-61(86)34-49)16-23-62-64-25-28-72(90-2)82-77(64)83-78-73(62)75(55)93-70(53)40-68(88)52-20-24-63-65(38-52)57(44-85)39-69(89)76(63)91-45-58-37-60(36-56-42-84(78)43-66(56)58)80-59-22-19-50-10-8-11-51(74(50)80)21-27-71(80)79(92-46-59)29-5-4-6-30-79/h7-12,17,20,24,26,32,34-37,39,42-43,47,52-53,59,68,70-72,75,77,81-83,85-89H,3-6,13-15,18-19,21-22,25,27-31,33,38,40-41,44-46H2,1-2H3. The third kappa shape index (κ3) is 10.8. The Labute approximate surface area is 547 Å². The first-order chi connectivity index (χ1) is 45.5. The summed E-state index contributed by atoms with van der Waals surface area (Å²) in [4.78, 5) is 0. The summed E-state index contributed by atoms with van der Waals surface area (Å²) in [6.07, 6.45) is 25.9. The number of aliphatic hydroxyl groups is 2. The minimum Gasteiger partial charge on any atom is -0.508 e. The number of aromatic nitrogens is 1. The largest absolute Gasteiger partial charge is 0.508 e. The first-order valence-electron chi connectivity index (χ1n) is 35.1. The number of phenolic OH excluding ortho intramolecular Hbond substituents is 3. The number of aromatic hydroxyl groups is 3. The molecule has 1 saturated carbocycles. The van der Waals surface area contributed by atoms with Gasteiger partial charge in [0.25, 0.3) is 0 Å². The van der Waals surface area contributed by atoms with Crippen LogP contribution >= 0.6 is 0 Å². The smallest absolute Gasteiger partial charge is 0.168 e. The van der Waals surface area contributed by atoms with Crippen molar-refractivity contribution in [2.45, 2.75) is 184 Å². The van der Waals surface area contributed by atoms with Gasteiger partial charge in [-0.05, 0) is 199 Å². The SMILES string of the molecule is CCCNCC1=CC2CCC(CCc3ccc(O)c(Cc4cccc(O)c4)c3)C#CC3=C4CCC(OC)NC4NC4=C3C1OC2CC(O)C1C=Cc2c(c(CO)cc(O)c2OCc2cc(C35c6c7cccc6CCC3C3(CCCCC3)OCC5CC7)cc3cn4cc23)C1. The minimum atomic E-state index is -0.807. The minimum absolute atomic E-state index is 0.0141. The lowest BCUT2D eigenvalue weighted by molar-refractivity contribution is -0.193. The Morgan fingerprint density at radius 2 is 1.71 bits per heavy atom. The van der Waals surface area contributed by atoms with Crippen molar-refractivity contribution in [3.63, 3.8) is 0 Å². The van der Waals surface area contributed by atoms with E-state index in [1.54, 1.807) is 31.4 Å². The number of nitrogens with zero attached hydrogens (tertiary/aromatic N) is 1. The number of aliphatic hydroxyl groups excluding tert-OH is 2. The number of dihydropyridines is 1. The van der Waals surface area contributed by atoms with E-state index in [1.807, 2.05) is 24.3 Å². The number of fused-ring (bicyclic) bond motifs is 7. The molecule has 3 fully saturated rings. The number of ether oxygens (including phenoxy) is 4. The molecule has 11 unspecified atom stereocenters. The second-order valence-corrected chi connectivity index (χ2v) is 28.8. The lowest BCUT2D eigenvalue weighted by Crippen LogP contribution is -2.64. The summed E-state index contributed by atoms with van der Waals surface area (Å²) in [5, 5.41) is 71.5. The topological polar surface area (TPSA) is 179 Å². The molecule has 7 aliphatic heterocycles. The summed E-state index contributed by atoms with van der Waals surface area (Å²) in [7, 11) is 1.78. The van der Waals surface area contributed by atoms with E-state index < -0.39 is 12.2 Å². The Balaban J connectivity index is 0.909. The van der Waals surface area contributed by atoms with Crippen molar-refractivity contribution in [3.05, 3.63) is 187 Å². The second kappa shape index (κ2) is 24.9. The molecule has 1 spiro atoms. The van der Waals surface area contributed by atoms with Crippen LogP contribution in [-0.2, 0) is 64.9 Å². The van der Waals surface area contributed by atoms with Crippen LogP contribution in [0.4, 0.5) is 0 Å². The van der Waals surface area contributed by atoms with E-state index in [9.17, 15) is 25.5 Å². The van der Waals surface area contributed by atoms with E-state index in [4.69, 9.17) is 18.9 Å². The summed E-state index contributed by atoms with van der Waals surface area (Å²) in [5.41, 5.74) is 15.7. The summed E-state index contributed by atoms with van der Waals surface area (Å²) in [5.74, 6) is 9.89. The zero-order valence-corrected chi connectivity index (χ0v) is 54.0. The van der Waals surface area contributed by atoms with Gasteiger partial charge in [0.15, 0.2) is 11.5 Å². The highest BCUT2D eigenvalue weighted by Crippen LogP contribution is 2.64. The van der Waals surface area contributed by atoms with Gasteiger partial charge in [0, 0.05) is 95.5 Å². The zero-order chi connectivity index (χ0) is 63.1. The fourth-order valence-corrected chi connectivity index (χ4v) is 19.1.